The minimum Gasteiger partial charge on any atom is -0.207 e. The summed E-state index contributed by atoms with van der Waals surface area (Å²) in [5, 5.41) is 11.6. The van der Waals surface area contributed by atoms with E-state index in [1.807, 2.05) is 42.5 Å². The summed E-state index contributed by atoms with van der Waals surface area (Å²) in [6, 6.07) is 19.4. The van der Waals surface area contributed by atoms with Gasteiger partial charge < -0.3 is 0 Å². The van der Waals surface area contributed by atoms with Gasteiger partial charge in [-0.1, -0.05) is 42.5 Å². The standard InChI is InChI=1S/C20H15F2N/c21-17-10-11-20(22)19(12-17)16(13-23)9-8-15-6-3-5-14-4-1-2-7-18(14)15/h1-7,10-12,16H,8-9H2. The minimum atomic E-state index is -0.662. The van der Waals surface area contributed by atoms with Crippen molar-refractivity contribution in [1.82, 2.24) is 0 Å². The molecule has 0 fully saturated rings. The average Bonchev–Trinajstić information content (AvgIpc) is 2.58. The van der Waals surface area contributed by atoms with Crippen LogP contribution in [-0.4, -0.2) is 0 Å². The lowest BCUT2D eigenvalue weighted by Crippen LogP contribution is -2.02. The number of nitriles is 1. The van der Waals surface area contributed by atoms with Gasteiger partial charge in [0.2, 0.25) is 0 Å². The van der Waals surface area contributed by atoms with E-state index in [1.54, 1.807) is 0 Å². The summed E-state index contributed by atoms with van der Waals surface area (Å²) in [6.45, 7) is 0. The van der Waals surface area contributed by atoms with E-state index in [2.05, 4.69) is 6.07 Å². The van der Waals surface area contributed by atoms with Crippen LogP contribution in [0.5, 0.6) is 0 Å². The lowest BCUT2D eigenvalue weighted by atomic mass is 9.91. The first-order chi connectivity index (χ1) is 11.2. The second kappa shape index (κ2) is 6.58. The SMILES string of the molecule is N#CC(CCc1cccc2ccccc12)c1cc(F)ccc1F. The summed E-state index contributed by atoms with van der Waals surface area (Å²) in [7, 11) is 0. The Morgan fingerprint density at radius 2 is 1.74 bits per heavy atom. The van der Waals surface area contributed by atoms with Gasteiger partial charge >= 0.3 is 0 Å². The molecular formula is C20H15F2N. The summed E-state index contributed by atoms with van der Waals surface area (Å²) in [4.78, 5) is 0. The van der Waals surface area contributed by atoms with Crippen molar-refractivity contribution in [3.05, 3.63) is 83.4 Å². The molecule has 0 amide bonds. The third-order valence-corrected chi connectivity index (χ3v) is 4.07. The molecule has 3 aromatic rings. The van der Waals surface area contributed by atoms with E-state index in [0.717, 1.165) is 34.5 Å². The number of halogens is 2. The highest BCUT2D eigenvalue weighted by molar-refractivity contribution is 5.85. The van der Waals surface area contributed by atoms with E-state index in [0.29, 0.717) is 12.8 Å². The number of rotatable bonds is 4. The molecule has 0 bridgehead atoms. The number of benzene rings is 3. The summed E-state index contributed by atoms with van der Waals surface area (Å²) in [6.07, 6.45) is 1.08. The Balaban J connectivity index is 1.86. The van der Waals surface area contributed by atoms with Crippen LogP contribution in [0.3, 0.4) is 0 Å². The van der Waals surface area contributed by atoms with Gasteiger partial charge in [-0.15, -0.1) is 0 Å². The Hall–Kier alpha value is -2.73. The van der Waals surface area contributed by atoms with Gasteiger partial charge in [-0.25, -0.2) is 8.78 Å². The first-order valence-corrected chi connectivity index (χ1v) is 7.50. The van der Waals surface area contributed by atoms with E-state index in [1.165, 1.54) is 0 Å². The molecule has 0 radical (unpaired) electrons. The number of fused-ring (bicyclic) bond motifs is 1. The number of nitrogens with zero attached hydrogens (tertiary/aromatic N) is 1. The van der Waals surface area contributed by atoms with Crippen molar-refractivity contribution in [3.8, 4) is 6.07 Å². The molecule has 0 aliphatic carbocycles. The maximum Gasteiger partial charge on any atom is 0.127 e. The lowest BCUT2D eigenvalue weighted by molar-refractivity contribution is 0.571. The molecule has 3 heteroatoms. The van der Waals surface area contributed by atoms with Gasteiger partial charge in [0.05, 0.1) is 12.0 Å². The van der Waals surface area contributed by atoms with E-state index in [4.69, 9.17) is 0 Å². The van der Waals surface area contributed by atoms with Crippen molar-refractivity contribution in [2.24, 2.45) is 0 Å². The van der Waals surface area contributed by atoms with E-state index < -0.39 is 17.6 Å². The van der Waals surface area contributed by atoms with E-state index in [-0.39, 0.29) is 5.56 Å². The average molecular weight is 307 g/mol. The third-order valence-electron chi connectivity index (χ3n) is 4.07. The molecule has 23 heavy (non-hydrogen) atoms. The zero-order chi connectivity index (χ0) is 16.2. The zero-order valence-electron chi connectivity index (χ0n) is 12.5. The molecule has 0 aliphatic rings. The molecule has 0 heterocycles. The molecule has 0 saturated heterocycles. The predicted octanol–water partition coefficient (Wildman–Crippen LogP) is 5.36. The zero-order valence-corrected chi connectivity index (χ0v) is 12.5. The largest absolute Gasteiger partial charge is 0.207 e. The first kappa shape index (κ1) is 15.2. The molecule has 1 nitrogen and oxygen atoms in total. The Bertz CT molecular complexity index is 875. The molecule has 3 rings (SSSR count). The van der Waals surface area contributed by atoms with Crippen LogP contribution < -0.4 is 0 Å². The molecule has 0 aliphatic heterocycles. The quantitative estimate of drug-likeness (QED) is 0.636. The maximum atomic E-state index is 13.9. The van der Waals surface area contributed by atoms with Crippen LogP contribution in [0.2, 0.25) is 0 Å². The topological polar surface area (TPSA) is 23.8 Å². The molecule has 0 N–H and O–H groups in total. The van der Waals surface area contributed by atoms with Gasteiger partial charge in [0.1, 0.15) is 11.6 Å². The third kappa shape index (κ3) is 3.22. The summed E-state index contributed by atoms with van der Waals surface area (Å²) < 4.78 is 27.2. The fourth-order valence-corrected chi connectivity index (χ4v) is 2.88. The van der Waals surface area contributed by atoms with Gasteiger partial charge in [0, 0.05) is 5.56 Å². The number of hydrogen-bond donors (Lipinski definition) is 0. The number of hydrogen-bond acceptors (Lipinski definition) is 1. The molecule has 3 aromatic carbocycles. The fourth-order valence-electron chi connectivity index (χ4n) is 2.88. The molecule has 0 saturated carbocycles. The van der Waals surface area contributed by atoms with E-state index >= 15 is 0 Å². The molecule has 114 valence electrons. The van der Waals surface area contributed by atoms with Crippen LogP contribution >= 0.6 is 0 Å². The Morgan fingerprint density at radius 1 is 0.957 bits per heavy atom. The van der Waals surface area contributed by atoms with Crippen LogP contribution in [-0.2, 0) is 6.42 Å². The Labute approximate surface area is 133 Å². The summed E-state index contributed by atoms with van der Waals surface area (Å²) in [5.74, 6) is -1.72. The highest BCUT2D eigenvalue weighted by atomic mass is 19.1. The second-order valence-electron chi connectivity index (χ2n) is 5.52. The lowest BCUT2D eigenvalue weighted by Gasteiger charge is -2.12. The van der Waals surface area contributed by atoms with Crippen LogP contribution in [0.4, 0.5) is 8.78 Å². The first-order valence-electron chi connectivity index (χ1n) is 7.50. The monoisotopic (exact) mass is 307 g/mol. The van der Waals surface area contributed by atoms with Crippen molar-refractivity contribution in [2.75, 3.05) is 0 Å². The molecular weight excluding hydrogens is 292 g/mol. The minimum absolute atomic E-state index is 0.132. The maximum absolute atomic E-state index is 13.9. The van der Waals surface area contributed by atoms with Crippen molar-refractivity contribution >= 4 is 10.8 Å². The van der Waals surface area contributed by atoms with Gasteiger partial charge in [-0.3, -0.25) is 0 Å². The Morgan fingerprint density at radius 3 is 2.57 bits per heavy atom. The highest BCUT2D eigenvalue weighted by Gasteiger charge is 2.16. The smallest absolute Gasteiger partial charge is 0.127 e. The summed E-state index contributed by atoms with van der Waals surface area (Å²) in [5.41, 5.74) is 1.24. The van der Waals surface area contributed by atoms with Crippen LogP contribution in [0.1, 0.15) is 23.5 Å². The van der Waals surface area contributed by atoms with Crippen molar-refractivity contribution in [1.29, 1.82) is 5.26 Å². The second-order valence-corrected chi connectivity index (χ2v) is 5.52. The highest BCUT2D eigenvalue weighted by Crippen LogP contribution is 2.27. The molecule has 0 aromatic heterocycles. The van der Waals surface area contributed by atoms with Crippen LogP contribution in [0, 0.1) is 23.0 Å². The van der Waals surface area contributed by atoms with Crippen LogP contribution in [0.15, 0.2) is 60.7 Å². The van der Waals surface area contributed by atoms with Crippen LogP contribution in [0.25, 0.3) is 10.8 Å². The normalized spacial score (nSPS) is 12.0. The van der Waals surface area contributed by atoms with Crippen molar-refractivity contribution in [3.63, 3.8) is 0 Å². The van der Waals surface area contributed by atoms with Gasteiger partial charge in [-0.05, 0) is 47.4 Å². The number of aryl methyl sites for hydroxylation is 1. The predicted molar refractivity (Wildman–Crippen MR) is 87.0 cm³/mol. The van der Waals surface area contributed by atoms with Crippen molar-refractivity contribution < 1.29 is 8.78 Å². The fraction of sp³-hybridized carbons (Fsp3) is 0.150. The summed E-state index contributed by atoms with van der Waals surface area (Å²) >= 11 is 0. The van der Waals surface area contributed by atoms with Gasteiger partial charge in [0.25, 0.3) is 0 Å². The Kier molecular flexibility index (Phi) is 4.34. The van der Waals surface area contributed by atoms with E-state index in [9.17, 15) is 14.0 Å². The molecule has 1 atom stereocenters. The van der Waals surface area contributed by atoms with Crippen molar-refractivity contribution in [2.45, 2.75) is 18.8 Å². The van der Waals surface area contributed by atoms with Gasteiger partial charge in [-0.2, -0.15) is 5.26 Å². The van der Waals surface area contributed by atoms with Gasteiger partial charge in [0.15, 0.2) is 0 Å². The molecule has 0 spiro atoms. The molecule has 1 unspecified atom stereocenters.